The summed E-state index contributed by atoms with van der Waals surface area (Å²) in [5.74, 6) is 0.876. The van der Waals surface area contributed by atoms with Crippen molar-refractivity contribution in [3.63, 3.8) is 0 Å². The number of halogens is 4. The maximum Gasteiger partial charge on any atom is 0.391 e. The summed E-state index contributed by atoms with van der Waals surface area (Å²) in [6, 6.07) is -0.0244. The number of aliphatic imine (C=N–C) groups is 1. The fourth-order valence-electron chi connectivity index (χ4n) is 2.92. The molecular formula is C16H28F3IN6O. The number of ether oxygens (including phenoxy) is 1. The highest BCUT2D eigenvalue weighted by Gasteiger charge is 2.41. The number of methoxy groups -OCH3 is 1. The van der Waals surface area contributed by atoms with E-state index < -0.39 is 12.1 Å². The average Bonchev–Trinajstić information content (AvgIpc) is 2.91. The summed E-state index contributed by atoms with van der Waals surface area (Å²) in [6.45, 7) is 3.25. The molecule has 0 radical (unpaired) electrons. The zero-order valence-corrected chi connectivity index (χ0v) is 18.2. The third kappa shape index (κ3) is 7.43. The Morgan fingerprint density at radius 2 is 1.93 bits per heavy atom. The molecule has 11 heteroatoms. The molecule has 0 aromatic carbocycles. The number of guanidine groups is 1. The molecule has 1 heterocycles. The van der Waals surface area contributed by atoms with E-state index in [9.17, 15) is 13.2 Å². The van der Waals surface area contributed by atoms with Gasteiger partial charge in [0, 0.05) is 26.7 Å². The molecule has 0 amide bonds. The smallest absolute Gasteiger partial charge is 0.383 e. The fourth-order valence-corrected chi connectivity index (χ4v) is 2.92. The minimum Gasteiger partial charge on any atom is -0.383 e. The number of hydrogen-bond acceptors (Lipinski definition) is 4. The molecule has 1 aliphatic rings. The number of rotatable bonds is 6. The number of alkyl halides is 3. The molecule has 0 unspecified atom stereocenters. The lowest BCUT2D eigenvalue weighted by Gasteiger charge is -2.31. The third-order valence-electron chi connectivity index (χ3n) is 4.69. The molecule has 0 spiro atoms. The molecule has 7 nitrogen and oxygen atoms in total. The van der Waals surface area contributed by atoms with Gasteiger partial charge in [-0.2, -0.15) is 13.2 Å². The minimum atomic E-state index is -4.10. The van der Waals surface area contributed by atoms with E-state index >= 15 is 0 Å². The van der Waals surface area contributed by atoms with Crippen LogP contribution in [0.5, 0.6) is 0 Å². The highest BCUT2D eigenvalue weighted by molar-refractivity contribution is 14.0. The van der Waals surface area contributed by atoms with Crippen LogP contribution in [0.4, 0.5) is 13.2 Å². The maximum absolute atomic E-state index is 12.8. The summed E-state index contributed by atoms with van der Waals surface area (Å²) < 4.78 is 45.3. The second-order valence-electron chi connectivity index (χ2n) is 6.54. The van der Waals surface area contributed by atoms with Crippen molar-refractivity contribution in [2.75, 3.05) is 20.3 Å². The monoisotopic (exact) mass is 504 g/mol. The third-order valence-corrected chi connectivity index (χ3v) is 4.69. The second kappa shape index (κ2) is 11.0. The summed E-state index contributed by atoms with van der Waals surface area (Å²) in [6.07, 6.45) is -2.86. The van der Waals surface area contributed by atoms with E-state index in [0.29, 0.717) is 38.5 Å². The van der Waals surface area contributed by atoms with E-state index in [1.807, 2.05) is 18.5 Å². The fraction of sp³-hybridized carbons (Fsp3) is 0.812. The first-order valence-electron chi connectivity index (χ1n) is 8.76. The van der Waals surface area contributed by atoms with Crippen molar-refractivity contribution >= 4 is 29.9 Å². The Labute approximate surface area is 174 Å². The van der Waals surface area contributed by atoms with Crippen LogP contribution in [0.1, 0.15) is 37.3 Å². The van der Waals surface area contributed by atoms with Gasteiger partial charge in [0.25, 0.3) is 0 Å². The van der Waals surface area contributed by atoms with Crippen molar-refractivity contribution in [2.24, 2.45) is 18.0 Å². The second-order valence-corrected chi connectivity index (χ2v) is 6.54. The van der Waals surface area contributed by atoms with Crippen molar-refractivity contribution in [3.05, 3.63) is 11.6 Å². The zero-order chi connectivity index (χ0) is 19.2. The van der Waals surface area contributed by atoms with Crippen LogP contribution in [-0.2, 0) is 18.3 Å². The molecule has 2 rings (SSSR count). The van der Waals surface area contributed by atoms with E-state index in [-0.39, 0.29) is 42.9 Å². The normalized spacial score (nSPS) is 20.9. The van der Waals surface area contributed by atoms with Gasteiger partial charge in [-0.05, 0) is 32.6 Å². The van der Waals surface area contributed by atoms with Gasteiger partial charge in [-0.25, -0.2) is 4.99 Å². The van der Waals surface area contributed by atoms with E-state index in [1.54, 1.807) is 7.11 Å². The Morgan fingerprint density at radius 1 is 1.26 bits per heavy atom. The van der Waals surface area contributed by atoms with Crippen LogP contribution in [0, 0.1) is 12.8 Å². The number of aryl methyl sites for hydroxylation is 1. The summed E-state index contributed by atoms with van der Waals surface area (Å²) in [5.41, 5.74) is 0. The van der Waals surface area contributed by atoms with Crippen molar-refractivity contribution < 1.29 is 17.9 Å². The van der Waals surface area contributed by atoms with Gasteiger partial charge in [0.15, 0.2) is 11.8 Å². The van der Waals surface area contributed by atoms with Gasteiger partial charge in [0.2, 0.25) is 0 Å². The van der Waals surface area contributed by atoms with Gasteiger partial charge in [0.1, 0.15) is 12.4 Å². The first-order valence-corrected chi connectivity index (χ1v) is 8.76. The van der Waals surface area contributed by atoms with Gasteiger partial charge in [-0.15, -0.1) is 34.2 Å². The molecule has 1 aromatic heterocycles. The zero-order valence-electron chi connectivity index (χ0n) is 15.8. The summed E-state index contributed by atoms with van der Waals surface area (Å²) in [5, 5.41) is 14.4. The van der Waals surface area contributed by atoms with E-state index in [0.717, 1.165) is 11.6 Å². The molecule has 1 fully saturated rings. The SMILES string of the molecule is COCCNC(=NCc1nnc(C)n1C)NC1CCC(C(F)(F)F)CC1.I. The summed E-state index contributed by atoms with van der Waals surface area (Å²) >= 11 is 0. The predicted octanol–water partition coefficient (Wildman–Crippen LogP) is 2.54. The molecule has 1 saturated carbocycles. The number of aromatic nitrogens is 3. The first-order chi connectivity index (χ1) is 12.3. The summed E-state index contributed by atoms with van der Waals surface area (Å²) in [4.78, 5) is 4.50. The molecule has 1 aliphatic carbocycles. The van der Waals surface area contributed by atoms with Crippen molar-refractivity contribution in [2.45, 2.75) is 51.4 Å². The Morgan fingerprint density at radius 3 is 2.44 bits per heavy atom. The van der Waals surface area contributed by atoms with Gasteiger partial charge >= 0.3 is 6.18 Å². The molecule has 156 valence electrons. The molecule has 0 bridgehead atoms. The maximum atomic E-state index is 12.8. The lowest BCUT2D eigenvalue weighted by atomic mass is 9.85. The van der Waals surface area contributed by atoms with Gasteiger partial charge in [0.05, 0.1) is 12.5 Å². The van der Waals surface area contributed by atoms with Gasteiger partial charge in [-0.3, -0.25) is 0 Å². The van der Waals surface area contributed by atoms with Gasteiger partial charge in [-0.1, -0.05) is 0 Å². The highest BCUT2D eigenvalue weighted by Crippen LogP contribution is 2.37. The number of hydrogen-bond donors (Lipinski definition) is 2. The van der Waals surface area contributed by atoms with Crippen molar-refractivity contribution in [1.82, 2.24) is 25.4 Å². The lowest BCUT2D eigenvalue weighted by Crippen LogP contribution is -2.46. The molecule has 0 atom stereocenters. The van der Waals surface area contributed by atoms with E-state index in [2.05, 4.69) is 25.8 Å². The largest absolute Gasteiger partial charge is 0.391 e. The van der Waals surface area contributed by atoms with Crippen molar-refractivity contribution in [3.8, 4) is 0 Å². The molecule has 0 saturated heterocycles. The number of nitrogens with zero attached hydrogens (tertiary/aromatic N) is 4. The Bertz CT molecular complexity index is 599. The van der Waals surface area contributed by atoms with Crippen LogP contribution < -0.4 is 10.6 Å². The van der Waals surface area contributed by atoms with E-state index in [1.165, 1.54) is 0 Å². The Kier molecular flexibility index (Phi) is 9.77. The van der Waals surface area contributed by atoms with Crippen LogP contribution in [0.15, 0.2) is 4.99 Å². The van der Waals surface area contributed by atoms with Crippen molar-refractivity contribution in [1.29, 1.82) is 0 Å². The van der Waals surface area contributed by atoms with Crippen LogP contribution in [0.2, 0.25) is 0 Å². The van der Waals surface area contributed by atoms with Crippen LogP contribution in [0.25, 0.3) is 0 Å². The molecule has 27 heavy (non-hydrogen) atoms. The summed E-state index contributed by atoms with van der Waals surface area (Å²) in [7, 11) is 3.47. The molecule has 0 aliphatic heterocycles. The molecule has 2 N–H and O–H groups in total. The lowest BCUT2D eigenvalue weighted by molar-refractivity contribution is -0.182. The topological polar surface area (TPSA) is 76.4 Å². The van der Waals surface area contributed by atoms with Crippen LogP contribution in [-0.4, -0.2) is 53.2 Å². The predicted molar refractivity (Wildman–Crippen MR) is 107 cm³/mol. The van der Waals surface area contributed by atoms with Crippen LogP contribution >= 0.6 is 24.0 Å². The Hall–Kier alpha value is -1.11. The first kappa shape index (κ1) is 23.9. The molecule has 1 aromatic rings. The minimum absolute atomic E-state index is 0. The standard InChI is InChI=1S/C16H27F3N6O.HI/c1-11-23-24-14(25(11)2)10-21-15(20-8-9-26-3)22-13-6-4-12(5-7-13)16(17,18)19;/h12-13H,4-10H2,1-3H3,(H2,20,21,22);1H. The van der Waals surface area contributed by atoms with E-state index in [4.69, 9.17) is 4.74 Å². The number of nitrogens with one attached hydrogen (secondary N) is 2. The van der Waals surface area contributed by atoms with Crippen LogP contribution in [0.3, 0.4) is 0 Å². The van der Waals surface area contributed by atoms with Gasteiger partial charge < -0.3 is 19.9 Å². The Balaban J connectivity index is 0.00000364. The average molecular weight is 504 g/mol. The molecular weight excluding hydrogens is 476 g/mol. The quantitative estimate of drug-likeness (QED) is 0.270. The highest BCUT2D eigenvalue weighted by atomic mass is 127.